The first kappa shape index (κ1) is 23.0. The van der Waals surface area contributed by atoms with Crippen LogP contribution in [-0.2, 0) is 9.98 Å². The van der Waals surface area contributed by atoms with Crippen molar-refractivity contribution in [1.29, 1.82) is 5.26 Å². The van der Waals surface area contributed by atoms with E-state index in [1.807, 2.05) is 26.0 Å². The van der Waals surface area contributed by atoms with E-state index >= 15 is 0 Å². The summed E-state index contributed by atoms with van der Waals surface area (Å²) in [6, 6.07) is 16.6. The lowest BCUT2D eigenvalue weighted by atomic mass is 9.82. The fourth-order valence-corrected chi connectivity index (χ4v) is 5.42. The quantitative estimate of drug-likeness (QED) is 0.303. The molecular formula is C27H25FN5OP. The Balaban J connectivity index is 1.93. The van der Waals surface area contributed by atoms with Crippen molar-refractivity contribution in [3.8, 4) is 22.9 Å². The van der Waals surface area contributed by atoms with E-state index in [1.165, 1.54) is 12.1 Å². The minimum atomic E-state index is -2.51. The summed E-state index contributed by atoms with van der Waals surface area (Å²) in [5.41, 5.74) is 5.33. The highest BCUT2D eigenvalue weighted by Gasteiger charge is 2.32. The van der Waals surface area contributed by atoms with E-state index in [0.29, 0.717) is 5.44 Å². The summed E-state index contributed by atoms with van der Waals surface area (Å²) in [5, 5.41) is 18.8. The second-order valence-corrected chi connectivity index (χ2v) is 13.0. The van der Waals surface area contributed by atoms with Crippen LogP contribution in [0.4, 0.5) is 4.39 Å². The summed E-state index contributed by atoms with van der Waals surface area (Å²) < 4.78 is 28.5. The van der Waals surface area contributed by atoms with Gasteiger partial charge in [-0.3, -0.25) is 10.1 Å². The van der Waals surface area contributed by atoms with Gasteiger partial charge in [0.25, 0.3) is 0 Å². The maximum Gasteiger partial charge on any atom is 0.127 e. The topological polar surface area (TPSA) is 87.4 Å². The number of H-pyrrole nitrogens is 1. The second kappa shape index (κ2) is 8.18. The highest BCUT2D eigenvalue weighted by Crippen LogP contribution is 2.45. The van der Waals surface area contributed by atoms with Crippen LogP contribution in [-0.4, -0.2) is 33.1 Å². The first-order valence-corrected chi connectivity index (χ1v) is 13.9. The molecular weight excluding hydrogens is 460 g/mol. The van der Waals surface area contributed by atoms with Gasteiger partial charge in [0, 0.05) is 51.3 Å². The molecule has 35 heavy (non-hydrogen) atoms. The van der Waals surface area contributed by atoms with Crippen LogP contribution < -0.4 is 5.44 Å². The fraction of sp³-hybridized carbons (Fsp3) is 0.222. The third-order valence-electron chi connectivity index (χ3n) is 6.36. The van der Waals surface area contributed by atoms with E-state index < -0.39 is 12.6 Å². The summed E-state index contributed by atoms with van der Waals surface area (Å²) in [6.07, 6.45) is 3.80. The van der Waals surface area contributed by atoms with Crippen LogP contribution in [0.5, 0.6) is 0 Å². The van der Waals surface area contributed by atoms with Gasteiger partial charge in [0.05, 0.1) is 28.7 Å². The average molecular weight is 486 g/mol. The number of aromatic nitrogens is 4. The van der Waals surface area contributed by atoms with Crippen LogP contribution in [0.1, 0.15) is 26.0 Å². The van der Waals surface area contributed by atoms with Gasteiger partial charge in [-0.2, -0.15) is 10.4 Å². The molecule has 0 spiro atoms. The van der Waals surface area contributed by atoms with Crippen molar-refractivity contribution >= 4 is 34.4 Å². The molecule has 3 aromatic heterocycles. The number of nitrogens with zero attached hydrogens (tertiary/aromatic N) is 4. The Bertz CT molecular complexity index is 1650. The minimum absolute atomic E-state index is 0.279. The molecule has 176 valence electrons. The lowest BCUT2D eigenvalue weighted by Gasteiger charge is -2.26. The molecule has 0 bridgehead atoms. The smallest absolute Gasteiger partial charge is 0.127 e. The number of benzene rings is 2. The van der Waals surface area contributed by atoms with Crippen LogP contribution >= 0.6 is 7.14 Å². The van der Waals surface area contributed by atoms with Gasteiger partial charge in [0.15, 0.2) is 0 Å². The predicted octanol–water partition coefficient (Wildman–Crippen LogP) is 6.15. The molecule has 1 N–H and O–H groups in total. The van der Waals surface area contributed by atoms with E-state index in [0.717, 1.165) is 44.3 Å². The fourth-order valence-electron chi connectivity index (χ4n) is 4.65. The number of halogens is 1. The largest absolute Gasteiger partial charge is 0.318 e. The first-order valence-electron chi connectivity index (χ1n) is 11.3. The van der Waals surface area contributed by atoms with Crippen LogP contribution in [0.15, 0.2) is 60.9 Å². The number of hydrogen-bond donors (Lipinski definition) is 1. The van der Waals surface area contributed by atoms with Crippen LogP contribution in [0.3, 0.4) is 0 Å². The Kier molecular flexibility index (Phi) is 5.38. The van der Waals surface area contributed by atoms with Crippen LogP contribution in [0.2, 0.25) is 0 Å². The van der Waals surface area contributed by atoms with Crippen LogP contribution in [0.25, 0.3) is 38.6 Å². The Morgan fingerprint density at radius 1 is 1.11 bits per heavy atom. The summed E-state index contributed by atoms with van der Waals surface area (Å²) in [5.74, 6) is -0.316. The van der Waals surface area contributed by atoms with Gasteiger partial charge < -0.3 is 9.13 Å². The molecule has 5 aromatic rings. The Labute approximate surface area is 202 Å². The molecule has 6 nitrogen and oxygen atoms in total. The standard InChI is InChI=1S/C27H25FN5OP/c1-27(2,11-12-29)26-25(17-5-10-24(30-15-17)35(3,4)34)21-14-22-18(16-31-32-22)13-23(21)33(26)20-8-6-19(28)7-9-20/h5-10,13-16H,11H2,1-4H3,(H,31,32). The zero-order valence-electron chi connectivity index (χ0n) is 20.0. The molecule has 3 heterocycles. The van der Waals surface area contributed by atoms with Crippen molar-refractivity contribution in [3.63, 3.8) is 0 Å². The molecule has 0 aliphatic carbocycles. The molecule has 0 aliphatic rings. The van der Waals surface area contributed by atoms with Crippen molar-refractivity contribution in [2.75, 3.05) is 13.3 Å². The third kappa shape index (κ3) is 3.94. The second-order valence-electron chi connectivity index (χ2n) is 9.84. The number of nitrogens with one attached hydrogen (secondary N) is 1. The Hall–Kier alpha value is -3.75. The SMILES string of the molecule is CC(C)(CC#N)c1c(-c2ccc(P(C)(C)=O)nc2)c2cc3[nH]ncc3cc2n1-c1ccc(F)cc1. The summed E-state index contributed by atoms with van der Waals surface area (Å²) in [4.78, 5) is 4.54. The lowest BCUT2D eigenvalue weighted by Crippen LogP contribution is -2.22. The molecule has 0 atom stereocenters. The van der Waals surface area contributed by atoms with Crippen molar-refractivity contribution in [1.82, 2.24) is 19.7 Å². The van der Waals surface area contributed by atoms with E-state index in [2.05, 4.69) is 38.0 Å². The van der Waals surface area contributed by atoms with Gasteiger partial charge in [0.2, 0.25) is 0 Å². The molecule has 0 amide bonds. The Morgan fingerprint density at radius 2 is 1.86 bits per heavy atom. The van der Waals surface area contributed by atoms with E-state index in [-0.39, 0.29) is 12.2 Å². The minimum Gasteiger partial charge on any atom is -0.318 e. The molecule has 0 unspecified atom stereocenters. The normalized spacial score (nSPS) is 12.3. The zero-order valence-corrected chi connectivity index (χ0v) is 20.9. The van der Waals surface area contributed by atoms with Gasteiger partial charge in [-0.05, 0) is 55.8 Å². The van der Waals surface area contributed by atoms with Gasteiger partial charge in [-0.1, -0.05) is 19.9 Å². The molecule has 0 saturated heterocycles. The number of rotatable bonds is 5. The van der Waals surface area contributed by atoms with E-state index in [4.69, 9.17) is 0 Å². The van der Waals surface area contributed by atoms with E-state index in [1.54, 1.807) is 37.9 Å². The molecule has 0 radical (unpaired) electrons. The summed E-state index contributed by atoms with van der Waals surface area (Å²) in [6.45, 7) is 7.47. The number of hydrogen-bond acceptors (Lipinski definition) is 4. The summed E-state index contributed by atoms with van der Waals surface area (Å²) in [7, 11) is -2.51. The molecule has 0 aliphatic heterocycles. The van der Waals surface area contributed by atoms with Gasteiger partial charge >= 0.3 is 0 Å². The number of fused-ring (bicyclic) bond motifs is 2. The first-order chi connectivity index (χ1) is 16.6. The Morgan fingerprint density at radius 3 is 2.49 bits per heavy atom. The average Bonchev–Trinajstić information content (AvgIpc) is 3.40. The number of pyridine rings is 1. The zero-order chi connectivity index (χ0) is 25.0. The van der Waals surface area contributed by atoms with Crippen molar-refractivity contribution in [2.24, 2.45) is 0 Å². The van der Waals surface area contributed by atoms with Crippen molar-refractivity contribution < 1.29 is 8.96 Å². The molecule has 8 heteroatoms. The number of nitriles is 1. The lowest BCUT2D eigenvalue weighted by molar-refractivity contribution is 0.516. The maximum absolute atomic E-state index is 13.8. The van der Waals surface area contributed by atoms with Gasteiger partial charge in [-0.25, -0.2) is 4.39 Å². The highest BCUT2D eigenvalue weighted by atomic mass is 31.2. The molecule has 0 fully saturated rings. The monoisotopic (exact) mass is 485 g/mol. The molecule has 2 aromatic carbocycles. The summed E-state index contributed by atoms with van der Waals surface area (Å²) >= 11 is 0. The van der Waals surface area contributed by atoms with E-state index in [9.17, 15) is 14.2 Å². The predicted molar refractivity (Wildman–Crippen MR) is 138 cm³/mol. The third-order valence-corrected chi connectivity index (χ3v) is 7.73. The number of aromatic amines is 1. The van der Waals surface area contributed by atoms with Crippen molar-refractivity contribution in [2.45, 2.75) is 25.7 Å². The highest BCUT2D eigenvalue weighted by molar-refractivity contribution is 7.69. The maximum atomic E-state index is 13.8. The van der Waals surface area contributed by atoms with Crippen molar-refractivity contribution in [3.05, 3.63) is 72.4 Å². The molecule has 0 saturated carbocycles. The van der Waals surface area contributed by atoms with Gasteiger partial charge in [-0.15, -0.1) is 0 Å². The van der Waals surface area contributed by atoms with Crippen LogP contribution in [0, 0.1) is 17.1 Å². The molecule has 5 rings (SSSR count). The van der Waals surface area contributed by atoms with Gasteiger partial charge in [0.1, 0.15) is 13.0 Å².